The van der Waals surface area contributed by atoms with E-state index in [1.807, 2.05) is 37.3 Å². The predicted octanol–water partition coefficient (Wildman–Crippen LogP) is 2.89. The van der Waals surface area contributed by atoms with Gasteiger partial charge in [-0.2, -0.15) is 0 Å². The molecule has 0 saturated carbocycles. The predicted molar refractivity (Wildman–Crippen MR) is 78.4 cm³/mol. The lowest BCUT2D eigenvalue weighted by molar-refractivity contribution is -0.145. The lowest BCUT2D eigenvalue weighted by atomic mass is 9.93. The molecule has 1 atom stereocenters. The number of hydrogen-bond donors (Lipinski definition) is 1. The van der Waals surface area contributed by atoms with Crippen LogP contribution in [0.3, 0.4) is 0 Å². The Morgan fingerprint density at radius 2 is 2.10 bits per heavy atom. The van der Waals surface area contributed by atoms with Crippen molar-refractivity contribution in [2.75, 3.05) is 12.4 Å². The molecule has 1 unspecified atom stereocenters. The number of aryl methyl sites for hydroxylation is 1. The molecule has 4 heteroatoms. The summed E-state index contributed by atoms with van der Waals surface area (Å²) in [4.78, 5) is 16.3. The van der Waals surface area contributed by atoms with Gasteiger partial charge in [0.15, 0.2) is 5.54 Å². The highest BCUT2D eigenvalue weighted by Gasteiger charge is 2.36. The van der Waals surface area contributed by atoms with Crippen molar-refractivity contribution in [1.29, 1.82) is 0 Å². The Morgan fingerprint density at radius 1 is 1.30 bits per heavy atom. The van der Waals surface area contributed by atoms with E-state index in [1.165, 1.54) is 7.11 Å². The number of pyridine rings is 1. The highest BCUT2D eigenvalue weighted by atomic mass is 16.5. The lowest BCUT2D eigenvalue weighted by Crippen LogP contribution is -2.41. The largest absolute Gasteiger partial charge is 0.467 e. The van der Waals surface area contributed by atoms with Crippen LogP contribution in [0.25, 0.3) is 0 Å². The van der Waals surface area contributed by atoms with Gasteiger partial charge in [0.2, 0.25) is 0 Å². The van der Waals surface area contributed by atoms with Crippen molar-refractivity contribution in [3.63, 3.8) is 0 Å². The molecule has 104 valence electrons. The lowest BCUT2D eigenvalue weighted by Gasteiger charge is -2.29. The van der Waals surface area contributed by atoms with Gasteiger partial charge in [0.05, 0.1) is 7.11 Å². The van der Waals surface area contributed by atoms with Crippen LogP contribution in [0, 0.1) is 6.92 Å². The van der Waals surface area contributed by atoms with Crippen molar-refractivity contribution in [3.05, 3.63) is 59.9 Å². The monoisotopic (exact) mass is 270 g/mol. The fourth-order valence-corrected chi connectivity index (χ4v) is 2.12. The molecule has 0 aliphatic carbocycles. The second-order valence-corrected chi connectivity index (χ2v) is 4.85. The van der Waals surface area contributed by atoms with Crippen molar-refractivity contribution in [1.82, 2.24) is 4.98 Å². The van der Waals surface area contributed by atoms with Gasteiger partial charge < -0.3 is 10.1 Å². The average Bonchev–Trinajstić information content (AvgIpc) is 2.47. The zero-order valence-corrected chi connectivity index (χ0v) is 11.9. The fourth-order valence-electron chi connectivity index (χ4n) is 2.12. The minimum Gasteiger partial charge on any atom is -0.467 e. The number of nitrogens with zero attached hydrogens (tertiary/aromatic N) is 1. The molecule has 1 heterocycles. The summed E-state index contributed by atoms with van der Waals surface area (Å²) in [6.45, 7) is 3.79. The Hall–Kier alpha value is -2.36. The SMILES string of the molecule is COC(=O)C(C)(Nc1cccc(C)c1)c1cccnc1. The summed E-state index contributed by atoms with van der Waals surface area (Å²) >= 11 is 0. The molecule has 0 radical (unpaired) electrons. The van der Waals surface area contributed by atoms with Gasteiger partial charge in [-0.1, -0.05) is 18.2 Å². The number of anilines is 1. The Balaban J connectivity index is 2.41. The van der Waals surface area contributed by atoms with Crippen molar-refractivity contribution >= 4 is 11.7 Å². The van der Waals surface area contributed by atoms with Crippen LogP contribution in [-0.4, -0.2) is 18.1 Å². The van der Waals surface area contributed by atoms with Gasteiger partial charge >= 0.3 is 5.97 Å². The molecule has 4 nitrogen and oxygen atoms in total. The van der Waals surface area contributed by atoms with Crippen LogP contribution in [-0.2, 0) is 15.1 Å². The van der Waals surface area contributed by atoms with E-state index in [2.05, 4.69) is 10.3 Å². The molecule has 1 aromatic heterocycles. The summed E-state index contributed by atoms with van der Waals surface area (Å²) in [6.07, 6.45) is 3.34. The van der Waals surface area contributed by atoms with E-state index < -0.39 is 5.54 Å². The third-order valence-corrected chi connectivity index (χ3v) is 3.24. The van der Waals surface area contributed by atoms with Crippen LogP contribution in [0.15, 0.2) is 48.8 Å². The zero-order valence-electron chi connectivity index (χ0n) is 11.9. The number of aromatic nitrogens is 1. The minimum atomic E-state index is -0.975. The molecular weight excluding hydrogens is 252 g/mol. The van der Waals surface area contributed by atoms with Crippen molar-refractivity contribution in [3.8, 4) is 0 Å². The van der Waals surface area contributed by atoms with Crippen LogP contribution in [0.5, 0.6) is 0 Å². The van der Waals surface area contributed by atoms with E-state index >= 15 is 0 Å². The number of nitrogens with one attached hydrogen (secondary N) is 1. The number of rotatable bonds is 4. The van der Waals surface area contributed by atoms with Crippen molar-refractivity contribution in [2.45, 2.75) is 19.4 Å². The van der Waals surface area contributed by atoms with Gasteiger partial charge in [0.25, 0.3) is 0 Å². The highest BCUT2D eigenvalue weighted by molar-refractivity contribution is 5.85. The second kappa shape index (κ2) is 5.74. The number of carbonyl (C=O) groups excluding carboxylic acids is 1. The summed E-state index contributed by atoms with van der Waals surface area (Å²) in [6, 6.07) is 11.5. The number of ether oxygens (including phenoxy) is 1. The quantitative estimate of drug-likeness (QED) is 0.868. The summed E-state index contributed by atoms with van der Waals surface area (Å²) < 4.78 is 4.94. The highest BCUT2D eigenvalue weighted by Crippen LogP contribution is 2.27. The van der Waals surface area contributed by atoms with E-state index in [0.29, 0.717) is 0 Å². The molecular formula is C16H18N2O2. The Labute approximate surface area is 118 Å². The van der Waals surface area contributed by atoms with E-state index in [4.69, 9.17) is 4.74 Å². The van der Waals surface area contributed by atoms with E-state index in [9.17, 15) is 4.79 Å². The van der Waals surface area contributed by atoms with Crippen LogP contribution in [0.4, 0.5) is 5.69 Å². The summed E-state index contributed by atoms with van der Waals surface area (Å²) in [5, 5.41) is 3.25. The third-order valence-electron chi connectivity index (χ3n) is 3.24. The molecule has 0 saturated heterocycles. The molecule has 0 bridgehead atoms. The number of benzene rings is 1. The number of esters is 1. The maximum atomic E-state index is 12.2. The molecule has 2 rings (SSSR count). The second-order valence-electron chi connectivity index (χ2n) is 4.85. The van der Waals surface area contributed by atoms with Gasteiger partial charge in [0.1, 0.15) is 0 Å². The Morgan fingerprint density at radius 3 is 2.70 bits per heavy atom. The van der Waals surface area contributed by atoms with Crippen molar-refractivity contribution in [2.24, 2.45) is 0 Å². The van der Waals surface area contributed by atoms with Crippen molar-refractivity contribution < 1.29 is 9.53 Å². The first-order valence-electron chi connectivity index (χ1n) is 6.40. The molecule has 0 spiro atoms. The zero-order chi connectivity index (χ0) is 14.6. The number of hydrogen-bond acceptors (Lipinski definition) is 4. The van der Waals surface area contributed by atoms with Gasteiger partial charge in [0, 0.05) is 23.6 Å². The van der Waals surface area contributed by atoms with Crippen LogP contribution in [0.2, 0.25) is 0 Å². The first-order chi connectivity index (χ1) is 9.56. The smallest absolute Gasteiger partial charge is 0.335 e. The number of methoxy groups -OCH3 is 1. The summed E-state index contributed by atoms with van der Waals surface area (Å²) in [7, 11) is 1.38. The molecule has 0 fully saturated rings. The topological polar surface area (TPSA) is 51.2 Å². The van der Waals surface area contributed by atoms with Crippen LogP contribution < -0.4 is 5.32 Å². The molecule has 2 aromatic rings. The fraction of sp³-hybridized carbons (Fsp3) is 0.250. The van der Waals surface area contributed by atoms with E-state index in [-0.39, 0.29) is 5.97 Å². The molecule has 0 aliphatic heterocycles. The first kappa shape index (κ1) is 14.1. The third kappa shape index (κ3) is 2.79. The summed E-state index contributed by atoms with van der Waals surface area (Å²) in [5.41, 5.74) is 1.76. The average molecular weight is 270 g/mol. The maximum Gasteiger partial charge on any atom is 0.335 e. The van der Waals surface area contributed by atoms with E-state index in [1.54, 1.807) is 25.4 Å². The van der Waals surface area contributed by atoms with Gasteiger partial charge in [-0.3, -0.25) is 4.98 Å². The van der Waals surface area contributed by atoms with Gasteiger partial charge in [-0.05, 0) is 37.6 Å². The molecule has 1 aromatic carbocycles. The standard InChI is InChI=1S/C16H18N2O2/c1-12-6-4-8-14(10-12)18-16(2,15(19)20-3)13-7-5-9-17-11-13/h4-11,18H,1-3H3. The summed E-state index contributed by atoms with van der Waals surface area (Å²) in [5.74, 6) is -0.355. The molecule has 0 amide bonds. The van der Waals surface area contributed by atoms with Gasteiger partial charge in [-0.15, -0.1) is 0 Å². The molecule has 1 N–H and O–H groups in total. The first-order valence-corrected chi connectivity index (χ1v) is 6.40. The molecule has 20 heavy (non-hydrogen) atoms. The normalized spacial score (nSPS) is 13.3. The van der Waals surface area contributed by atoms with Crippen LogP contribution in [0.1, 0.15) is 18.1 Å². The van der Waals surface area contributed by atoms with Gasteiger partial charge in [-0.25, -0.2) is 4.79 Å². The van der Waals surface area contributed by atoms with Crippen LogP contribution >= 0.6 is 0 Å². The Bertz CT molecular complexity index is 598. The van der Waals surface area contributed by atoms with E-state index in [0.717, 1.165) is 16.8 Å². The maximum absolute atomic E-state index is 12.2. The Kier molecular flexibility index (Phi) is 4.03. The number of carbonyl (C=O) groups is 1. The molecule has 0 aliphatic rings. The minimum absolute atomic E-state index is 0.355.